The average Bonchev–Trinajstić information content (AvgIpc) is 3.69. The van der Waals surface area contributed by atoms with Gasteiger partial charge >= 0.3 is 0 Å². The molecule has 5 rings (SSSR count). The van der Waals surface area contributed by atoms with Crippen LogP contribution in [-0.2, 0) is 14.4 Å². The molecule has 0 radical (unpaired) electrons. The fourth-order valence-electron chi connectivity index (χ4n) is 7.95. The topological polar surface area (TPSA) is 99.6 Å². The third-order valence-corrected chi connectivity index (χ3v) is 12.1. The zero-order valence-electron chi connectivity index (χ0n) is 28.4. The Morgan fingerprint density at radius 2 is 1.54 bits per heavy atom. The minimum atomic E-state index is -0.755. The molecular weight excluding hydrogens is 627 g/mol. The molecule has 3 unspecified atom stereocenters. The maximum atomic E-state index is 15.0. The molecule has 1 spiro atoms. The molecule has 48 heavy (non-hydrogen) atoms. The molecule has 3 aliphatic rings. The van der Waals surface area contributed by atoms with Gasteiger partial charge in [0.15, 0.2) is 0 Å². The number of hydrogen-bond donors (Lipinski definition) is 1. The number of rotatable bonds is 17. The number of fused-ring (bicyclic) bond motifs is 1. The number of aliphatic hydroxyl groups excluding tert-OH is 1. The van der Waals surface area contributed by atoms with Crippen molar-refractivity contribution in [2.75, 3.05) is 49.8 Å². The zero-order valence-corrected chi connectivity index (χ0v) is 29.2. The smallest absolute Gasteiger partial charge is 0.251 e. The van der Waals surface area contributed by atoms with E-state index in [2.05, 4.69) is 20.1 Å². The van der Waals surface area contributed by atoms with Crippen LogP contribution in [0.3, 0.4) is 0 Å². The van der Waals surface area contributed by atoms with Crippen LogP contribution in [0.15, 0.2) is 73.8 Å². The van der Waals surface area contributed by atoms with Crippen LogP contribution in [0.2, 0.25) is 0 Å². The van der Waals surface area contributed by atoms with E-state index in [0.717, 1.165) is 25.0 Å². The van der Waals surface area contributed by atoms with Crippen molar-refractivity contribution in [3.8, 4) is 11.5 Å². The Morgan fingerprint density at radius 3 is 2.10 bits per heavy atom. The molecule has 6 atom stereocenters. The molecule has 9 nitrogen and oxygen atoms in total. The van der Waals surface area contributed by atoms with E-state index in [-0.39, 0.29) is 42.0 Å². The van der Waals surface area contributed by atoms with E-state index < -0.39 is 22.6 Å². The highest BCUT2D eigenvalue weighted by Crippen LogP contribution is 2.69. The number of thioether (sulfide) groups is 1. The fourth-order valence-corrected chi connectivity index (χ4v) is 10.4. The third-order valence-electron chi connectivity index (χ3n) is 10.1. The molecule has 10 heteroatoms. The van der Waals surface area contributed by atoms with Crippen LogP contribution in [0.5, 0.6) is 11.5 Å². The number of aliphatic hydroxyl groups is 1. The SMILES string of the molecule is C=CCN(C(=O)C1N(CCCCCCO)C(=O)[C@@H]2[C@H](C(=O)N(CC=C)c3ccc(OCC)cc3)[C@@H]3CC(C)C12S3)c1ccc(OC)cc1. The first-order chi connectivity index (χ1) is 23.3. The van der Waals surface area contributed by atoms with Crippen LogP contribution in [-0.4, -0.2) is 83.7 Å². The van der Waals surface area contributed by atoms with Gasteiger partial charge in [-0.15, -0.1) is 24.9 Å². The van der Waals surface area contributed by atoms with Crippen molar-refractivity contribution in [2.24, 2.45) is 17.8 Å². The van der Waals surface area contributed by atoms with Gasteiger partial charge in [0.05, 0.1) is 30.3 Å². The normalized spacial score (nSPS) is 25.5. The lowest BCUT2D eigenvalue weighted by Crippen LogP contribution is -2.57. The van der Waals surface area contributed by atoms with E-state index in [1.165, 1.54) is 0 Å². The van der Waals surface area contributed by atoms with E-state index in [0.29, 0.717) is 49.7 Å². The van der Waals surface area contributed by atoms with Gasteiger partial charge in [0.1, 0.15) is 17.5 Å². The zero-order chi connectivity index (χ0) is 34.4. The lowest BCUT2D eigenvalue weighted by Gasteiger charge is -2.41. The summed E-state index contributed by atoms with van der Waals surface area (Å²) < 4.78 is 10.2. The molecule has 0 saturated carbocycles. The van der Waals surface area contributed by atoms with Crippen molar-refractivity contribution in [3.05, 3.63) is 73.8 Å². The number of likely N-dealkylation sites (tertiary alicyclic amines) is 1. The maximum absolute atomic E-state index is 15.0. The minimum absolute atomic E-state index is 0.0404. The number of methoxy groups -OCH3 is 1. The minimum Gasteiger partial charge on any atom is -0.497 e. The second-order valence-electron chi connectivity index (χ2n) is 12.8. The van der Waals surface area contributed by atoms with Gasteiger partial charge in [-0.25, -0.2) is 0 Å². The van der Waals surface area contributed by atoms with E-state index >= 15 is 0 Å². The summed E-state index contributed by atoms with van der Waals surface area (Å²) in [6.45, 7) is 13.6. The Kier molecular flexibility index (Phi) is 11.6. The third kappa shape index (κ3) is 6.49. The number of ether oxygens (including phenoxy) is 2. The van der Waals surface area contributed by atoms with Crippen molar-refractivity contribution in [1.29, 1.82) is 0 Å². The molecule has 3 saturated heterocycles. The number of amides is 3. The standard InChI is InChI=1S/C38H49N3O6S/c1-6-21-39(27-15-19-30(20-16-27)47-8-3)35(43)32-31-25-26(4)38(48-31)33(32)36(44)41(23-11-9-10-12-24-42)34(38)37(45)40(22-7-2)28-13-17-29(46-5)18-14-28/h6-7,13-20,26,31-34,42H,1-2,8-12,21-25H2,3-5H3/t26?,31-,32+,33-,34?,38?/m0/s1. The van der Waals surface area contributed by atoms with Crippen molar-refractivity contribution < 1.29 is 29.0 Å². The number of hydrogen-bond acceptors (Lipinski definition) is 7. The predicted molar refractivity (Wildman–Crippen MR) is 192 cm³/mol. The highest BCUT2D eigenvalue weighted by atomic mass is 32.2. The molecule has 2 bridgehead atoms. The number of benzene rings is 2. The molecule has 2 aromatic carbocycles. The highest BCUT2D eigenvalue weighted by molar-refractivity contribution is 8.02. The number of anilines is 2. The first kappa shape index (κ1) is 35.5. The number of nitrogens with zero attached hydrogens (tertiary/aromatic N) is 3. The number of carbonyl (C=O) groups excluding carboxylic acids is 3. The summed E-state index contributed by atoms with van der Waals surface area (Å²) in [5.74, 6) is -0.154. The Hall–Kier alpha value is -3.76. The number of carbonyl (C=O) groups is 3. The second kappa shape index (κ2) is 15.6. The van der Waals surface area contributed by atoms with E-state index in [1.54, 1.807) is 45.7 Å². The van der Waals surface area contributed by atoms with Gasteiger partial charge < -0.3 is 29.3 Å². The Morgan fingerprint density at radius 1 is 0.958 bits per heavy atom. The molecule has 3 fully saturated rings. The largest absolute Gasteiger partial charge is 0.497 e. The monoisotopic (exact) mass is 675 g/mol. The van der Waals surface area contributed by atoms with Crippen LogP contribution in [0, 0.1) is 17.8 Å². The molecule has 2 aromatic rings. The van der Waals surface area contributed by atoms with Gasteiger partial charge in [0.25, 0.3) is 5.91 Å². The molecule has 3 heterocycles. The molecule has 0 aromatic heterocycles. The number of unbranched alkanes of at least 4 members (excludes halogenated alkanes) is 3. The van der Waals surface area contributed by atoms with Crippen molar-refractivity contribution in [2.45, 2.75) is 62.0 Å². The summed E-state index contributed by atoms with van der Waals surface area (Å²) in [6.07, 6.45) is 7.22. The van der Waals surface area contributed by atoms with Gasteiger partial charge in [0.2, 0.25) is 11.8 Å². The quantitative estimate of drug-likeness (QED) is 0.169. The Balaban J connectivity index is 1.53. The molecule has 3 aliphatic heterocycles. The van der Waals surface area contributed by atoms with E-state index in [4.69, 9.17) is 9.47 Å². The lowest BCUT2D eigenvalue weighted by molar-refractivity contribution is -0.139. The van der Waals surface area contributed by atoms with Gasteiger partial charge in [-0.3, -0.25) is 14.4 Å². The first-order valence-electron chi connectivity index (χ1n) is 17.1. The second-order valence-corrected chi connectivity index (χ2v) is 14.4. The first-order valence-corrected chi connectivity index (χ1v) is 18.0. The molecule has 258 valence electrons. The summed E-state index contributed by atoms with van der Waals surface area (Å²) in [7, 11) is 1.60. The van der Waals surface area contributed by atoms with Gasteiger partial charge in [0, 0.05) is 42.9 Å². The van der Waals surface area contributed by atoms with Gasteiger partial charge in [-0.05, 0) is 80.6 Å². The van der Waals surface area contributed by atoms with Crippen molar-refractivity contribution in [1.82, 2.24) is 4.90 Å². The Bertz CT molecular complexity index is 1470. The molecule has 0 aliphatic carbocycles. The molecule has 1 N–H and O–H groups in total. The van der Waals surface area contributed by atoms with Gasteiger partial charge in [-0.1, -0.05) is 31.9 Å². The maximum Gasteiger partial charge on any atom is 0.251 e. The van der Waals surface area contributed by atoms with Crippen molar-refractivity contribution in [3.63, 3.8) is 0 Å². The highest BCUT2D eigenvalue weighted by Gasteiger charge is 2.76. The van der Waals surface area contributed by atoms with Crippen molar-refractivity contribution >= 4 is 40.9 Å². The summed E-state index contributed by atoms with van der Waals surface area (Å²) in [6, 6.07) is 14.0. The van der Waals surface area contributed by atoms with Crippen LogP contribution in [0.4, 0.5) is 11.4 Å². The predicted octanol–water partition coefficient (Wildman–Crippen LogP) is 5.72. The van der Waals surface area contributed by atoms with Crippen LogP contribution in [0.1, 0.15) is 46.0 Å². The summed E-state index contributed by atoms with van der Waals surface area (Å²) in [4.78, 5) is 49.6. The van der Waals surface area contributed by atoms with Crippen LogP contribution < -0.4 is 19.3 Å². The lowest BCUT2D eigenvalue weighted by atomic mass is 9.65. The Labute approximate surface area is 288 Å². The van der Waals surface area contributed by atoms with E-state index in [1.807, 2.05) is 55.5 Å². The van der Waals surface area contributed by atoms with Crippen LogP contribution in [0.25, 0.3) is 0 Å². The fraction of sp³-hybridized carbons (Fsp3) is 0.500. The van der Waals surface area contributed by atoms with Crippen LogP contribution >= 0.6 is 11.8 Å². The summed E-state index contributed by atoms with van der Waals surface area (Å²) in [5.41, 5.74) is 1.41. The molecular formula is C38H49N3O6S. The van der Waals surface area contributed by atoms with Gasteiger partial charge in [-0.2, -0.15) is 0 Å². The summed E-state index contributed by atoms with van der Waals surface area (Å²) in [5, 5.41) is 9.21. The average molecular weight is 676 g/mol. The molecule has 3 amide bonds. The summed E-state index contributed by atoms with van der Waals surface area (Å²) >= 11 is 1.68. The van der Waals surface area contributed by atoms with E-state index in [9.17, 15) is 19.5 Å².